The molecule has 0 radical (unpaired) electrons. The average molecular weight is 394 g/mol. The molecular weight excluding hydrogens is 380 g/mol. The first kappa shape index (κ1) is 16.4. The Labute approximate surface area is 140 Å². The van der Waals surface area contributed by atoms with Gasteiger partial charge in [0.05, 0.1) is 21.3 Å². The van der Waals surface area contributed by atoms with Gasteiger partial charge in [-0.05, 0) is 39.7 Å². The van der Waals surface area contributed by atoms with Crippen molar-refractivity contribution in [2.45, 2.75) is 6.10 Å². The second kappa shape index (κ2) is 6.87. The van der Waals surface area contributed by atoms with E-state index in [1.165, 1.54) is 32.7 Å². The van der Waals surface area contributed by atoms with Crippen LogP contribution in [0, 0.1) is 0 Å². The van der Waals surface area contributed by atoms with Crippen LogP contribution in [-0.4, -0.2) is 26.4 Å². The Morgan fingerprint density at radius 3 is 2.05 bits per heavy atom. The van der Waals surface area contributed by atoms with Gasteiger partial charge in [0, 0.05) is 9.35 Å². The maximum atomic E-state index is 10.5. The molecule has 4 nitrogen and oxygen atoms in total. The van der Waals surface area contributed by atoms with E-state index in [-0.39, 0.29) is 0 Å². The summed E-state index contributed by atoms with van der Waals surface area (Å²) in [5.74, 6) is 1.47. The number of hydrogen-bond donors (Lipinski definition) is 1. The van der Waals surface area contributed by atoms with Crippen molar-refractivity contribution in [2.75, 3.05) is 21.3 Å². The Hall–Kier alpha value is -0.950. The van der Waals surface area contributed by atoms with Crippen LogP contribution in [-0.2, 0) is 0 Å². The van der Waals surface area contributed by atoms with E-state index < -0.39 is 6.10 Å². The number of benzene rings is 1. The zero-order chi connectivity index (χ0) is 15.6. The molecule has 0 aliphatic carbocycles. The Bertz CT molecular complexity index is 599. The first-order valence-corrected chi connectivity index (χ1v) is 7.93. The van der Waals surface area contributed by atoms with Crippen LogP contribution in [0.1, 0.15) is 16.5 Å². The topological polar surface area (TPSA) is 47.9 Å². The highest BCUT2D eigenvalue weighted by atomic mass is 79.9. The van der Waals surface area contributed by atoms with Crippen molar-refractivity contribution in [2.24, 2.45) is 0 Å². The molecule has 0 bridgehead atoms. The minimum Gasteiger partial charge on any atom is -0.493 e. The van der Waals surface area contributed by atoms with Crippen molar-refractivity contribution in [1.82, 2.24) is 0 Å². The maximum absolute atomic E-state index is 10.5. The van der Waals surface area contributed by atoms with Gasteiger partial charge in [-0.15, -0.1) is 11.3 Å². The average Bonchev–Trinajstić information content (AvgIpc) is 2.84. The van der Waals surface area contributed by atoms with Crippen LogP contribution in [0.2, 0.25) is 4.34 Å². The molecule has 114 valence electrons. The van der Waals surface area contributed by atoms with Crippen LogP contribution in [0.25, 0.3) is 0 Å². The molecule has 1 atom stereocenters. The van der Waals surface area contributed by atoms with Crippen LogP contribution in [0.3, 0.4) is 0 Å². The molecule has 0 amide bonds. The largest absolute Gasteiger partial charge is 0.493 e. The lowest BCUT2D eigenvalue weighted by molar-refractivity contribution is 0.222. The number of rotatable bonds is 5. The molecule has 0 saturated carbocycles. The van der Waals surface area contributed by atoms with Gasteiger partial charge in [0.15, 0.2) is 11.5 Å². The van der Waals surface area contributed by atoms with Crippen molar-refractivity contribution in [3.63, 3.8) is 0 Å². The summed E-state index contributed by atoms with van der Waals surface area (Å²) < 4.78 is 17.2. The lowest BCUT2D eigenvalue weighted by atomic mass is 10.1. The molecular formula is C14H14BrClO4S. The minimum absolute atomic E-state index is 0.487. The molecule has 7 heteroatoms. The summed E-state index contributed by atoms with van der Waals surface area (Å²) in [4.78, 5) is 0.723. The number of thiophene rings is 1. The van der Waals surface area contributed by atoms with Gasteiger partial charge in [-0.1, -0.05) is 11.6 Å². The second-order valence-corrected chi connectivity index (χ2v) is 6.67. The van der Waals surface area contributed by atoms with Crippen molar-refractivity contribution >= 4 is 38.9 Å². The van der Waals surface area contributed by atoms with E-state index in [4.69, 9.17) is 25.8 Å². The summed E-state index contributed by atoms with van der Waals surface area (Å²) in [6.07, 6.45) is -0.826. The molecule has 0 aliphatic rings. The minimum atomic E-state index is -0.826. The van der Waals surface area contributed by atoms with Crippen molar-refractivity contribution < 1.29 is 19.3 Å². The fraction of sp³-hybridized carbons (Fsp3) is 0.286. The summed E-state index contributed by atoms with van der Waals surface area (Å²) in [5.41, 5.74) is 0.634. The fourth-order valence-corrected chi connectivity index (χ4v) is 3.67. The number of ether oxygens (including phenoxy) is 3. The summed E-state index contributed by atoms with van der Waals surface area (Å²) in [6.45, 7) is 0. The van der Waals surface area contributed by atoms with Crippen LogP contribution >= 0.6 is 38.9 Å². The molecule has 21 heavy (non-hydrogen) atoms. The summed E-state index contributed by atoms with van der Waals surface area (Å²) in [6, 6.07) is 5.22. The van der Waals surface area contributed by atoms with E-state index in [0.717, 1.165) is 9.35 Å². The Kier molecular flexibility index (Phi) is 5.37. The molecule has 2 aromatic rings. The molecule has 2 rings (SSSR count). The SMILES string of the molecule is COc1cc(C(O)c2cc(Br)c(Cl)s2)cc(OC)c1OC. The van der Waals surface area contributed by atoms with Crippen molar-refractivity contribution in [3.05, 3.63) is 37.4 Å². The van der Waals surface area contributed by atoms with Gasteiger partial charge < -0.3 is 19.3 Å². The highest BCUT2D eigenvalue weighted by Crippen LogP contribution is 2.43. The second-order valence-electron chi connectivity index (χ2n) is 4.13. The Morgan fingerprint density at radius 1 is 1.10 bits per heavy atom. The zero-order valence-corrected chi connectivity index (χ0v) is 14.8. The predicted octanol–water partition coefficient (Wildman–Crippen LogP) is 4.27. The molecule has 0 aliphatic heterocycles. The van der Waals surface area contributed by atoms with E-state index in [0.29, 0.717) is 27.1 Å². The molecule has 1 aromatic heterocycles. The van der Waals surface area contributed by atoms with Gasteiger partial charge >= 0.3 is 0 Å². The van der Waals surface area contributed by atoms with Crippen LogP contribution in [0.4, 0.5) is 0 Å². The Morgan fingerprint density at radius 2 is 1.67 bits per heavy atom. The standard InChI is InChI=1S/C14H14BrClO4S/c1-18-9-4-7(5-10(19-2)13(9)20-3)12(17)11-6-8(15)14(16)21-11/h4-6,12,17H,1-3H3. The van der Waals surface area contributed by atoms with E-state index >= 15 is 0 Å². The summed E-state index contributed by atoms with van der Waals surface area (Å²) in [5, 5.41) is 10.5. The molecule has 1 aromatic carbocycles. The summed E-state index contributed by atoms with van der Waals surface area (Å²) in [7, 11) is 4.60. The van der Waals surface area contributed by atoms with E-state index in [1.54, 1.807) is 18.2 Å². The number of methoxy groups -OCH3 is 3. The Balaban J connectivity index is 2.48. The van der Waals surface area contributed by atoms with Crippen LogP contribution in [0.15, 0.2) is 22.7 Å². The molecule has 0 saturated heterocycles. The third kappa shape index (κ3) is 3.29. The smallest absolute Gasteiger partial charge is 0.203 e. The highest BCUT2D eigenvalue weighted by Gasteiger charge is 2.20. The highest BCUT2D eigenvalue weighted by molar-refractivity contribution is 9.10. The zero-order valence-electron chi connectivity index (χ0n) is 11.6. The van der Waals surface area contributed by atoms with Gasteiger partial charge in [-0.25, -0.2) is 0 Å². The van der Waals surface area contributed by atoms with Gasteiger partial charge in [0.1, 0.15) is 10.4 Å². The van der Waals surface area contributed by atoms with Gasteiger partial charge in [-0.3, -0.25) is 0 Å². The summed E-state index contributed by atoms with van der Waals surface area (Å²) >= 11 is 10.7. The van der Waals surface area contributed by atoms with Crippen molar-refractivity contribution in [3.8, 4) is 17.2 Å². The fourth-order valence-electron chi connectivity index (χ4n) is 1.92. The predicted molar refractivity (Wildman–Crippen MR) is 87.2 cm³/mol. The monoisotopic (exact) mass is 392 g/mol. The number of aliphatic hydroxyl groups is 1. The molecule has 1 N–H and O–H groups in total. The van der Waals surface area contributed by atoms with Crippen LogP contribution in [0.5, 0.6) is 17.2 Å². The molecule has 1 heterocycles. The van der Waals surface area contributed by atoms with Gasteiger partial charge in [0.25, 0.3) is 0 Å². The van der Waals surface area contributed by atoms with Gasteiger partial charge in [-0.2, -0.15) is 0 Å². The third-order valence-electron chi connectivity index (χ3n) is 2.94. The molecule has 0 spiro atoms. The lowest BCUT2D eigenvalue weighted by Gasteiger charge is -2.16. The number of hydrogen-bond acceptors (Lipinski definition) is 5. The number of halogens is 2. The first-order chi connectivity index (χ1) is 10.0. The van der Waals surface area contributed by atoms with E-state index in [9.17, 15) is 5.11 Å². The van der Waals surface area contributed by atoms with Gasteiger partial charge in [0.2, 0.25) is 5.75 Å². The van der Waals surface area contributed by atoms with Crippen molar-refractivity contribution in [1.29, 1.82) is 0 Å². The molecule has 1 unspecified atom stereocenters. The van der Waals surface area contributed by atoms with E-state index in [1.807, 2.05) is 0 Å². The lowest BCUT2D eigenvalue weighted by Crippen LogP contribution is -2.01. The normalized spacial score (nSPS) is 12.1. The maximum Gasteiger partial charge on any atom is 0.203 e. The number of aliphatic hydroxyl groups excluding tert-OH is 1. The first-order valence-electron chi connectivity index (χ1n) is 5.94. The third-order valence-corrected chi connectivity index (χ3v) is 5.46. The van der Waals surface area contributed by atoms with Crippen LogP contribution < -0.4 is 14.2 Å². The molecule has 0 fully saturated rings. The quantitative estimate of drug-likeness (QED) is 0.824. The van der Waals surface area contributed by atoms with E-state index in [2.05, 4.69) is 15.9 Å².